The van der Waals surface area contributed by atoms with Gasteiger partial charge in [0.25, 0.3) is 0 Å². The van der Waals surface area contributed by atoms with Gasteiger partial charge in [0.1, 0.15) is 5.82 Å². The zero-order valence-electron chi connectivity index (χ0n) is 9.01. The Bertz CT molecular complexity index is 457. The monoisotopic (exact) mass is 201 g/mol. The molecule has 3 heteroatoms. The van der Waals surface area contributed by atoms with Gasteiger partial charge in [0.15, 0.2) is 0 Å². The van der Waals surface area contributed by atoms with E-state index in [2.05, 4.69) is 21.7 Å². The molecule has 1 heterocycles. The van der Waals surface area contributed by atoms with Gasteiger partial charge in [0.05, 0.1) is 5.69 Å². The van der Waals surface area contributed by atoms with E-state index in [1.807, 2.05) is 32.2 Å². The predicted octanol–water partition coefficient (Wildman–Crippen LogP) is 2.20. The number of aromatic nitrogens is 2. The van der Waals surface area contributed by atoms with Crippen molar-refractivity contribution in [1.82, 2.24) is 9.55 Å². The first kappa shape index (κ1) is 9.93. The van der Waals surface area contributed by atoms with E-state index in [1.54, 1.807) is 6.20 Å². The molecule has 0 fully saturated rings. The highest BCUT2D eigenvalue weighted by Crippen LogP contribution is 2.20. The van der Waals surface area contributed by atoms with E-state index < -0.39 is 0 Å². The van der Waals surface area contributed by atoms with Crippen LogP contribution in [0.3, 0.4) is 0 Å². The number of para-hydroxylation sites is 1. The second-order valence-corrected chi connectivity index (χ2v) is 3.69. The second kappa shape index (κ2) is 3.87. The third kappa shape index (κ3) is 1.78. The first-order valence-electron chi connectivity index (χ1n) is 5.05. The highest BCUT2D eigenvalue weighted by atomic mass is 15.1. The number of rotatable bonds is 2. The number of aryl methyl sites for hydroxylation is 1. The highest BCUT2D eigenvalue weighted by Gasteiger charge is 2.08. The van der Waals surface area contributed by atoms with Crippen LogP contribution in [0.1, 0.15) is 24.4 Å². The first-order chi connectivity index (χ1) is 7.20. The highest BCUT2D eigenvalue weighted by molar-refractivity contribution is 5.43. The third-order valence-electron chi connectivity index (χ3n) is 2.51. The SMILES string of the molecule is Cc1nccn1-c1ccccc1[C@H](C)N. The molecule has 1 aromatic heterocycles. The molecule has 2 N–H and O–H groups in total. The Balaban J connectivity index is 2.58. The van der Waals surface area contributed by atoms with Gasteiger partial charge in [-0.3, -0.25) is 0 Å². The summed E-state index contributed by atoms with van der Waals surface area (Å²) in [4.78, 5) is 4.22. The Labute approximate surface area is 89.6 Å². The van der Waals surface area contributed by atoms with Gasteiger partial charge in [-0.05, 0) is 25.5 Å². The lowest BCUT2D eigenvalue weighted by Crippen LogP contribution is -2.10. The van der Waals surface area contributed by atoms with Crippen LogP contribution in [0.2, 0.25) is 0 Å². The quantitative estimate of drug-likeness (QED) is 0.809. The van der Waals surface area contributed by atoms with Crippen LogP contribution in [0.25, 0.3) is 5.69 Å². The van der Waals surface area contributed by atoms with Crippen LogP contribution >= 0.6 is 0 Å². The van der Waals surface area contributed by atoms with Crippen LogP contribution in [0, 0.1) is 6.92 Å². The fraction of sp³-hybridized carbons (Fsp3) is 0.250. The minimum absolute atomic E-state index is 0.0306. The maximum Gasteiger partial charge on any atom is 0.110 e. The van der Waals surface area contributed by atoms with Crippen molar-refractivity contribution in [2.24, 2.45) is 5.73 Å². The van der Waals surface area contributed by atoms with Gasteiger partial charge in [0, 0.05) is 18.4 Å². The summed E-state index contributed by atoms with van der Waals surface area (Å²) >= 11 is 0. The van der Waals surface area contributed by atoms with Gasteiger partial charge >= 0.3 is 0 Å². The summed E-state index contributed by atoms with van der Waals surface area (Å²) in [6, 6.07) is 8.17. The molecule has 1 atom stereocenters. The van der Waals surface area contributed by atoms with E-state index in [-0.39, 0.29) is 6.04 Å². The predicted molar refractivity (Wildman–Crippen MR) is 60.9 cm³/mol. The van der Waals surface area contributed by atoms with E-state index in [0.717, 1.165) is 17.1 Å². The molecule has 0 amide bonds. The van der Waals surface area contributed by atoms with Crippen molar-refractivity contribution in [2.45, 2.75) is 19.9 Å². The molecule has 0 saturated heterocycles. The topological polar surface area (TPSA) is 43.8 Å². The van der Waals surface area contributed by atoms with E-state index >= 15 is 0 Å². The molecule has 0 radical (unpaired) electrons. The molecule has 2 aromatic rings. The number of hydrogen-bond donors (Lipinski definition) is 1. The Morgan fingerprint density at radius 2 is 2.07 bits per heavy atom. The number of nitrogens with two attached hydrogens (primary N) is 1. The van der Waals surface area contributed by atoms with Gasteiger partial charge in [-0.1, -0.05) is 18.2 Å². The Hall–Kier alpha value is -1.61. The van der Waals surface area contributed by atoms with Gasteiger partial charge in [-0.25, -0.2) is 4.98 Å². The molecule has 1 aromatic carbocycles. The maximum atomic E-state index is 5.94. The fourth-order valence-corrected chi connectivity index (χ4v) is 1.72. The van der Waals surface area contributed by atoms with Crippen molar-refractivity contribution in [1.29, 1.82) is 0 Å². The summed E-state index contributed by atoms with van der Waals surface area (Å²) in [7, 11) is 0. The number of nitrogens with zero attached hydrogens (tertiary/aromatic N) is 2. The smallest absolute Gasteiger partial charge is 0.110 e. The van der Waals surface area contributed by atoms with E-state index in [4.69, 9.17) is 5.73 Å². The molecule has 3 nitrogen and oxygen atoms in total. The summed E-state index contributed by atoms with van der Waals surface area (Å²) in [6.07, 6.45) is 3.75. The molecule has 0 unspecified atom stereocenters. The summed E-state index contributed by atoms with van der Waals surface area (Å²) in [5, 5.41) is 0. The van der Waals surface area contributed by atoms with Crippen LogP contribution in [0.4, 0.5) is 0 Å². The zero-order valence-corrected chi connectivity index (χ0v) is 9.01. The van der Waals surface area contributed by atoms with Crippen LogP contribution < -0.4 is 5.73 Å². The van der Waals surface area contributed by atoms with E-state index in [0.29, 0.717) is 0 Å². The normalized spacial score (nSPS) is 12.7. The van der Waals surface area contributed by atoms with Crippen molar-refractivity contribution in [3.8, 4) is 5.69 Å². The average molecular weight is 201 g/mol. The Kier molecular flexibility index (Phi) is 2.56. The largest absolute Gasteiger partial charge is 0.324 e. The van der Waals surface area contributed by atoms with E-state index in [1.165, 1.54) is 0 Å². The van der Waals surface area contributed by atoms with Gasteiger partial charge in [0.2, 0.25) is 0 Å². The maximum absolute atomic E-state index is 5.94. The minimum Gasteiger partial charge on any atom is -0.324 e. The molecule has 0 spiro atoms. The van der Waals surface area contributed by atoms with Gasteiger partial charge in [-0.2, -0.15) is 0 Å². The van der Waals surface area contributed by atoms with Crippen molar-refractivity contribution in [3.05, 3.63) is 48.0 Å². The molecular weight excluding hydrogens is 186 g/mol. The average Bonchev–Trinajstić information content (AvgIpc) is 2.64. The summed E-state index contributed by atoms with van der Waals surface area (Å²) in [6.45, 7) is 3.98. The van der Waals surface area contributed by atoms with Crippen LogP contribution in [-0.4, -0.2) is 9.55 Å². The number of imidazole rings is 1. The first-order valence-corrected chi connectivity index (χ1v) is 5.05. The van der Waals surface area contributed by atoms with Crippen molar-refractivity contribution in [3.63, 3.8) is 0 Å². The fourth-order valence-electron chi connectivity index (χ4n) is 1.72. The van der Waals surface area contributed by atoms with Crippen LogP contribution in [0.15, 0.2) is 36.7 Å². The standard InChI is InChI=1S/C12H15N3/c1-9(13)11-5-3-4-6-12(11)15-8-7-14-10(15)2/h3-9H,13H2,1-2H3/t9-/m0/s1. The zero-order chi connectivity index (χ0) is 10.8. The minimum atomic E-state index is 0.0306. The van der Waals surface area contributed by atoms with Gasteiger partial charge < -0.3 is 10.3 Å². The lowest BCUT2D eigenvalue weighted by atomic mass is 10.1. The summed E-state index contributed by atoms with van der Waals surface area (Å²) < 4.78 is 2.05. The number of hydrogen-bond acceptors (Lipinski definition) is 2. The molecular formula is C12H15N3. The molecule has 0 saturated carbocycles. The van der Waals surface area contributed by atoms with Crippen molar-refractivity contribution in [2.75, 3.05) is 0 Å². The van der Waals surface area contributed by atoms with Gasteiger partial charge in [-0.15, -0.1) is 0 Å². The third-order valence-corrected chi connectivity index (χ3v) is 2.51. The van der Waals surface area contributed by atoms with E-state index in [9.17, 15) is 0 Å². The van der Waals surface area contributed by atoms with Crippen LogP contribution in [0.5, 0.6) is 0 Å². The summed E-state index contributed by atoms with van der Waals surface area (Å²) in [5.41, 5.74) is 8.19. The summed E-state index contributed by atoms with van der Waals surface area (Å²) in [5.74, 6) is 0.975. The molecule has 15 heavy (non-hydrogen) atoms. The molecule has 0 aliphatic rings. The molecule has 2 rings (SSSR count). The molecule has 0 aliphatic heterocycles. The molecule has 0 aliphatic carbocycles. The van der Waals surface area contributed by atoms with Crippen molar-refractivity contribution < 1.29 is 0 Å². The number of benzene rings is 1. The van der Waals surface area contributed by atoms with Crippen molar-refractivity contribution >= 4 is 0 Å². The lowest BCUT2D eigenvalue weighted by molar-refractivity contribution is 0.799. The molecule has 0 bridgehead atoms. The Morgan fingerprint density at radius 3 is 2.67 bits per heavy atom. The lowest BCUT2D eigenvalue weighted by Gasteiger charge is -2.14. The van der Waals surface area contributed by atoms with Crippen LogP contribution in [-0.2, 0) is 0 Å². The molecule has 78 valence electrons. The Morgan fingerprint density at radius 1 is 1.33 bits per heavy atom. The second-order valence-electron chi connectivity index (χ2n) is 3.69.